The molecule has 0 radical (unpaired) electrons. The Balaban J connectivity index is 1.53. The van der Waals surface area contributed by atoms with E-state index in [9.17, 15) is 18.6 Å². The smallest absolute Gasteiger partial charge is 0.338 e. The van der Waals surface area contributed by atoms with Gasteiger partial charge >= 0.3 is 5.97 Å². The van der Waals surface area contributed by atoms with E-state index in [1.807, 2.05) is 0 Å². The first kappa shape index (κ1) is 31.6. The van der Waals surface area contributed by atoms with E-state index in [-0.39, 0.29) is 24.6 Å². The summed E-state index contributed by atoms with van der Waals surface area (Å²) in [7, 11) is -0.000144. The summed E-state index contributed by atoms with van der Waals surface area (Å²) in [6.45, 7) is 0.0215. The van der Waals surface area contributed by atoms with E-state index >= 15 is 0 Å². The first-order valence-electron chi connectivity index (χ1n) is 13.7. The number of esters is 1. The van der Waals surface area contributed by atoms with E-state index in [0.717, 1.165) is 19.3 Å². The van der Waals surface area contributed by atoms with Gasteiger partial charge in [-0.05, 0) is 48.2 Å². The van der Waals surface area contributed by atoms with Crippen molar-refractivity contribution in [2.24, 2.45) is 0 Å². The zero-order valence-electron chi connectivity index (χ0n) is 23.5. The van der Waals surface area contributed by atoms with Gasteiger partial charge in [-0.3, -0.25) is 14.4 Å². The molecule has 1 aromatic heterocycles. The zero-order chi connectivity index (χ0) is 30.7. The van der Waals surface area contributed by atoms with Gasteiger partial charge < -0.3 is 9.64 Å². The third-order valence-corrected chi connectivity index (χ3v) is 9.91. The number of hydroxylamine groups is 1. The number of methoxy groups -OCH3 is 1. The lowest BCUT2D eigenvalue weighted by Gasteiger charge is -2.49. The zero-order valence-corrected chi connectivity index (χ0v) is 26.7. The molecule has 13 heteroatoms. The van der Waals surface area contributed by atoms with Gasteiger partial charge in [0.2, 0.25) is 0 Å². The number of amides is 2. The van der Waals surface area contributed by atoms with Gasteiger partial charge in [0.25, 0.3) is 11.8 Å². The topological polar surface area (TPSA) is 114 Å². The van der Waals surface area contributed by atoms with Crippen LogP contribution in [0.3, 0.4) is 0 Å². The first-order chi connectivity index (χ1) is 20.7. The molecule has 1 aliphatic heterocycles. The lowest BCUT2D eigenvalue weighted by atomic mass is 9.76. The number of hydrogen-bond donors (Lipinski definition) is 2. The van der Waals surface area contributed by atoms with E-state index in [0.29, 0.717) is 43.6 Å². The van der Waals surface area contributed by atoms with Crippen molar-refractivity contribution >= 4 is 63.3 Å². The fourth-order valence-electron chi connectivity index (χ4n) is 5.99. The third-order valence-electron chi connectivity index (χ3n) is 7.81. The van der Waals surface area contributed by atoms with Crippen molar-refractivity contribution in [3.8, 4) is 0 Å². The Morgan fingerprint density at radius 2 is 1.86 bits per heavy atom. The predicted octanol–water partition coefficient (Wildman–Crippen LogP) is 5.56. The van der Waals surface area contributed by atoms with Gasteiger partial charge in [0.05, 0.1) is 35.6 Å². The predicted molar refractivity (Wildman–Crippen MR) is 166 cm³/mol. The maximum Gasteiger partial charge on any atom is 0.338 e. The van der Waals surface area contributed by atoms with Crippen LogP contribution in [-0.2, 0) is 32.0 Å². The van der Waals surface area contributed by atoms with Gasteiger partial charge in [0.1, 0.15) is 6.61 Å². The van der Waals surface area contributed by atoms with E-state index in [1.165, 1.54) is 18.4 Å². The third kappa shape index (κ3) is 6.82. The quantitative estimate of drug-likeness (QED) is 0.229. The van der Waals surface area contributed by atoms with Gasteiger partial charge in [0.15, 0.2) is 0 Å². The van der Waals surface area contributed by atoms with Gasteiger partial charge in [-0.2, -0.15) is 0 Å². The molecule has 9 nitrogen and oxygen atoms in total. The second-order valence-corrected chi connectivity index (χ2v) is 13.4. The molecule has 0 saturated heterocycles. The number of rotatable bonds is 9. The second-order valence-electron chi connectivity index (χ2n) is 10.5. The molecule has 5 atom stereocenters. The largest absolute Gasteiger partial charge is 0.465 e. The number of hydrogen-bond acceptors (Lipinski definition) is 7. The number of thiophene rings is 1. The molecule has 0 spiro atoms. The molecule has 2 N–H and O–H groups in total. The molecule has 2 aliphatic rings. The summed E-state index contributed by atoms with van der Waals surface area (Å²) in [6.07, 6.45) is 4.76. The molecule has 1 aliphatic carbocycles. The lowest BCUT2D eigenvalue weighted by Crippen LogP contribution is -2.58. The average molecular weight is 665 g/mol. The van der Waals surface area contributed by atoms with E-state index in [2.05, 4.69) is 10.2 Å². The molecule has 0 bridgehead atoms. The summed E-state index contributed by atoms with van der Waals surface area (Å²) >= 11 is 14.3. The SMILES string of the molecule is COC(=O)c1csc(CONC(=O)[C@H]2c3ccccc3C(=O)N([C@@H]3CCCC[C@H]3NS(C)=O)[C@@H]2c2ccc(Cl)cc2Cl)c1. The Bertz CT molecular complexity index is 1550. The van der Waals surface area contributed by atoms with Crippen molar-refractivity contribution in [1.82, 2.24) is 15.1 Å². The molecule has 1 saturated carbocycles. The summed E-state index contributed by atoms with van der Waals surface area (Å²) in [4.78, 5) is 48.3. The molecule has 2 heterocycles. The summed E-state index contributed by atoms with van der Waals surface area (Å²) in [5, 5.41) is 2.40. The monoisotopic (exact) mass is 663 g/mol. The van der Waals surface area contributed by atoms with Gasteiger partial charge in [0, 0.05) is 44.2 Å². The molecular formula is C30H31Cl2N3O6S2. The Hall–Kier alpha value is -2.80. The highest BCUT2D eigenvalue weighted by Crippen LogP contribution is 2.47. The number of nitrogens with zero attached hydrogens (tertiary/aromatic N) is 1. The Morgan fingerprint density at radius 3 is 2.60 bits per heavy atom. The normalized spacial score (nSPS) is 22.5. The summed E-state index contributed by atoms with van der Waals surface area (Å²) in [5.41, 5.74) is 4.51. The van der Waals surface area contributed by atoms with Gasteiger partial charge in [-0.15, -0.1) is 11.3 Å². The van der Waals surface area contributed by atoms with Crippen LogP contribution in [0.1, 0.15) is 74.4 Å². The summed E-state index contributed by atoms with van der Waals surface area (Å²) in [5.74, 6) is -2.05. The maximum atomic E-state index is 14.3. The molecule has 1 unspecified atom stereocenters. The molecule has 5 rings (SSSR count). The molecule has 228 valence electrons. The van der Waals surface area contributed by atoms with E-state index in [1.54, 1.807) is 65.1 Å². The van der Waals surface area contributed by atoms with Crippen molar-refractivity contribution < 1.29 is 28.2 Å². The molecular weight excluding hydrogens is 633 g/mol. The number of carbonyl (C=O) groups is 3. The van der Waals surface area contributed by atoms with Crippen LogP contribution in [0.5, 0.6) is 0 Å². The Morgan fingerprint density at radius 1 is 1.09 bits per heavy atom. The Kier molecular flexibility index (Phi) is 10.2. The number of halogens is 2. The number of carbonyl (C=O) groups excluding carboxylic acids is 3. The van der Waals surface area contributed by atoms with E-state index in [4.69, 9.17) is 32.8 Å². The summed E-state index contributed by atoms with van der Waals surface area (Å²) < 4.78 is 20.2. The minimum atomic E-state index is -1.31. The van der Waals surface area contributed by atoms with Gasteiger partial charge in [-0.25, -0.2) is 19.2 Å². The highest BCUT2D eigenvalue weighted by molar-refractivity contribution is 7.82. The van der Waals surface area contributed by atoms with Crippen LogP contribution in [0, 0.1) is 0 Å². The van der Waals surface area contributed by atoms with Crippen molar-refractivity contribution in [3.05, 3.63) is 91.1 Å². The number of ether oxygens (including phenoxy) is 1. The van der Waals surface area contributed by atoms with Crippen LogP contribution >= 0.6 is 34.5 Å². The lowest BCUT2D eigenvalue weighted by molar-refractivity contribution is -0.138. The maximum absolute atomic E-state index is 14.3. The van der Waals surface area contributed by atoms with Crippen molar-refractivity contribution in [2.75, 3.05) is 13.4 Å². The fraction of sp³-hybridized carbons (Fsp3) is 0.367. The Labute approximate surface area is 266 Å². The molecule has 1 fully saturated rings. The summed E-state index contributed by atoms with van der Waals surface area (Å²) in [6, 6.07) is 12.3. The highest BCUT2D eigenvalue weighted by atomic mass is 35.5. The van der Waals surface area contributed by atoms with Crippen molar-refractivity contribution in [2.45, 2.75) is 56.3 Å². The minimum Gasteiger partial charge on any atom is -0.465 e. The van der Waals surface area contributed by atoms with Crippen LogP contribution < -0.4 is 10.2 Å². The number of fused-ring (bicyclic) bond motifs is 1. The van der Waals surface area contributed by atoms with Crippen molar-refractivity contribution in [1.29, 1.82) is 0 Å². The number of nitrogens with one attached hydrogen (secondary N) is 2. The molecule has 43 heavy (non-hydrogen) atoms. The minimum absolute atomic E-state index is 0.0215. The fourth-order valence-corrected chi connectivity index (χ4v) is 7.98. The van der Waals surface area contributed by atoms with Crippen LogP contribution in [-0.4, -0.2) is 52.3 Å². The van der Waals surface area contributed by atoms with E-state index < -0.39 is 34.8 Å². The highest BCUT2D eigenvalue weighted by Gasteiger charge is 2.49. The van der Waals surface area contributed by atoms with Crippen LogP contribution in [0.2, 0.25) is 10.0 Å². The van der Waals surface area contributed by atoms with Crippen LogP contribution in [0.15, 0.2) is 53.9 Å². The second kappa shape index (κ2) is 13.9. The van der Waals surface area contributed by atoms with Crippen LogP contribution in [0.25, 0.3) is 0 Å². The molecule has 2 aromatic carbocycles. The molecule has 2 amide bonds. The number of benzene rings is 2. The van der Waals surface area contributed by atoms with Crippen LogP contribution in [0.4, 0.5) is 0 Å². The van der Waals surface area contributed by atoms with Crippen molar-refractivity contribution in [3.63, 3.8) is 0 Å². The standard InChI is InChI=1S/C30H31Cl2N3O6S2/c1-40-30(38)17-13-19(42-16-17)15-41-33-28(36)26-20-7-3-4-8-21(20)29(37)35(25-10-6-5-9-24(25)34-43(2)39)27(26)22-12-11-18(31)14-23(22)32/h3-4,7-8,11-14,16,24-27,34H,5-6,9-10,15H2,1-2H3,(H,33,36)/t24-,25-,26+,27-,43?/m1/s1. The first-order valence-corrected chi connectivity index (χ1v) is 16.9. The average Bonchev–Trinajstić information content (AvgIpc) is 3.46. The van der Waals surface area contributed by atoms with Gasteiger partial charge in [-0.1, -0.05) is 60.3 Å². The molecule has 3 aromatic rings.